The van der Waals surface area contributed by atoms with E-state index in [1.54, 1.807) is 24.3 Å². The number of urea groups is 1. The molecule has 2 heterocycles. The van der Waals surface area contributed by atoms with Crippen LogP contribution in [0.5, 0.6) is 0 Å². The lowest BCUT2D eigenvalue weighted by atomic mass is 10.0. The molecule has 0 aromatic heterocycles. The van der Waals surface area contributed by atoms with Gasteiger partial charge in [-0.2, -0.15) is 0 Å². The minimum absolute atomic E-state index is 0.368. The molecule has 2 fully saturated rings. The lowest BCUT2D eigenvalue weighted by molar-refractivity contribution is 0.0600. The zero-order valence-electron chi connectivity index (χ0n) is 21.4. The largest absolute Gasteiger partial charge is 0.465 e. The molecule has 0 aliphatic carbocycles. The topological polar surface area (TPSA) is 92.4 Å². The van der Waals surface area contributed by atoms with Crippen molar-refractivity contribution in [1.29, 1.82) is 0 Å². The number of hydrogen-bond donors (Lipinski definition) is 2. The summed E-state index contributed by atoms with van der Waals surface area (Å²) in [5.41, 5.74) is 6.23. The number of morpholine rings is 2. The lowest BCUT2D eigenvalue weighted by Gasteiger charge is -2.33. The van der Waals surface area contributed by atoms with Gasteiger partial charge in [0.15, 0.2) is 0 Å². The van der Waals surface area contributed by atoms with E-state index in [4.69, 9.17) is 14.2 Å². The third kappa shape index (κ3) is 6.24. The van der Waals surface area contributed by atoms with Gasteiger partial charge in [-0.05, 0) is 65.7 Å². The zero-order chi connectivity index (χ0) is 26.3. The van der Waals surface area contributed by atoms with E-state index >= 15 is 0 Å². The molecule has 2 aliphatic heterocycles. The highest BCUT2D eigenvalue weighted by atomic mass is 16.5. The predicted octanol–water partition coefficient (Wildman–Crippen LogP) is 4.46. The van der Waals surface area contributed by atoms with Gasteiger partial charge in [-0.25, -0.2) is 9.59 Å². The first kappa shape index (κ1) is 25.6. The van der Waals surface area contributed by atoms with E-state index in [0.717, 1.165) is 63.7 Å². The van der Waals surface area contributed by atoms with Gasteiger partial charge < -0.3 is 34.6 Å². The first-order chi connectivity index (χ1) is 18.6. The summed E-state index contributed by atoms with van der Waals surface area (Å²) in [7, 11) is 1.33. The number of carbonyl (C=O) groups is 2. The molecule has 0 radical (unpaired) electrons. The van der Waals surface area contributed by atoms with E-state index in [1.165, 1.54) is 18.5 Å². The van der Waals surface area contributed by atoms with Crippen molar-refractivity contribution in [1.82, 2.24) is 0 Å². The van der Waals surface area contributed by atoms with Crippen molar-refractivity contribution in [3.8, 4) is 11.1 Å². The van der Waals surface area contributed by atoms with Gasteiger partial charge in [0.2, 0.25) is 0 Å². The minimum atomic E-state index is -0.423. The van der Waals surface area contributed by atoms with Crippen LogP contribution in [0.2, 0.25) is 0 Å². The molecule has 2 N–H and O–H groups in total. The summed E-state index contributed by atoms with van der Waals surface area (Å²) in [6, 6.07) is 20.7. The number of esters is 1. The Morgan fingerprint density at radius 2 is 1.16 bits per heavy atom. The fraction of sp³-hybridized carbons (Fsp3) is 0.310. The Morgan fingerprint density at radius 3 is 1.63 bits per heavy atom. The standard InChI is InChI=1S/C29H32N4O5/c1-36-28(34)22-4-8-25(9-5-22)31-29(35)30-24-6-2-21(3-7-24)23-18-26(32-10-14-37-15-11-32)20-27(19-23)33-12-16-38-17-13-33/h2-9,18-20H,10-17H2,1H3,(H2,30,31,35). The van der Waals surface area contributed by atoms with E-state index in [0.29, 0.717) is 16.9 Å². The van der Waals surface area contributed by atoms with Gasteiger partial charge in [-0.15, -0.1) is 0 Å². The number of anilines is 4. The van der Waals surface area contributed by atoms with Gasteiger partial charge in [0.1, 0.15) is 0 Å². The Hall–Kier alpha value is -4.08. The summed E-state index contributed by atoms with van der Waals surface area (Å²) in [4.78, 5) is 28.8. The molecule has 0 unspecified atom stereocenters. The third-order valence-corrected chi connectivity index (χ3v) is 6.69. The minimum Gasteiger partial charge on any atom is -0.465 e. The molecule has 0 atom stereocenters. The molecule has 5 rings (SSSR count). The van der Waals surface area contributed by atoms with Crippen molar-refractivity contribution in [3.63, 3.8) is 0 Å². The van der Waals surface area contributed by atoms with Gasteiger partial charge in [0, 0.05) is 48.9 Å². The average Bonchev–Trinajstić information content (AvgIpc) is 2.98. The van der Waals surface area contributed by atoms with E-state index < -0.39 is 5.97 Å². The first-order valence-corrected chi connectivity index (χ1v) is 12.8. The summed E-state index contributed by atoms with van der Waals surface area (Å²) < 4.78 is 15.8. The lowest BCUT2D eigenvalue weighted by Crippen LogP contribution is -2.38. The fourth-order valence-electron chi connectivity index (χ4n) is 4.62. The Labute approximate surface area is 222 Å². The number of amides is 2. The summed E-state index contributed by atoms with van der Waals surface area (Å²) in [6.45, 7) is 6.41. The number of hydrogen-bond acceptors (Lipinski definition) is 7. The maximum absolute atomic E-state index is 12.5. The zero-order valence-corrected chi connectivity index (χ0v) is 21.4. The van der Waals surface area contributed by atoms with Gasteiger partial charge in [0.25, 0.3) is 0 Å². The van der Waals surface area contributed by atoms with Gasteiger partial charge in [0.05, 0.1) is 39.1 Å². The fourth-order valence-corrected chi connectivity index (χ4v) is 4.62. The molecule has 9 nitrogen and oxygen atoms in total. The van der Waals surface area contributed by atoms with Crippen molar-refractivity contribution in [2.24, 2.45) is 0 Å². The van der Waals surface area contributed by atoms with E-state index in [9.17, 15) is 9.59 Å². The Morgan fingerprint density at radius 1 is 0.684 bits per heavy atom. The van der Waals surface area contributed by atoms with Crippen LogP contribution in [-0.2, 0) is 14.2 Å². The molecule has 3 aromatic carbocycles. The molecule has 3 aromatic rings. The van der Waals surface area contributed by atoms with Crippen LogP contribution in [0.15, 0.2) is 66.7 Å². The molecule has 2 amide bonds. The number of nitrogens with zero attached hydrogens (tertiary/aromatic N) is 2. The number of methoxy groups -OCH3 is 1. The second-order valence-corrected chi connectivity index (χ2v) is 9.16. The van der Waals surface area contributed by atoms with E-state index in [1.807, 2.05) is 24.3 Å². The van der Waals surface area contributed by atoms with Crippen LogP contribution in [0.3, 0.4) is 0 Å². The quantitative estimate of drug-likeness (QED) is 0.468. The highest BCUT2D eigenvalue weighted by Gasteiger charge is 2.17. The van der Waals surface area contributed by atoms with Crippen LogP contribution in [-0.4, -0.2) is 71.7 Å². The van der Waals surface area contributed by atoms with Crippen molar-refractivity contribution >= 4 is 34.7 Å². The number of benzene rings is 3. The van der Waals surface area contributed by atoms with Crippen LogP contribution in [0.4, 0.5) is 27.5 Å². The van der Waals surface area contributed by atoms with Gasteiger partial charge >= 0.3 is 12.0 Å². The Balaban J connectivity index is 1.29. The SMILES string of the molecule is COC(=O)c1ccc(NC(=O)Nc2ccc(-c3cc(N4CCOCC4)cc(N4CCOCC4)c3)cc2)cc1. The first-order valence-electron chi connectivity index (χ1n) is 12.8. The highest BCUT2D eigenvalue weighted by molar-refractivity contribution is 6.00. The normalized spacial score (nSPS) is 15.6. The molecular weight excluding hydrogens is 484 g/mol. The van der Waals surface area contributed by atoms with Crippen molar-refractivity contribution in [2.45, 2.75) is 0 Å². The Kier molecular flexibility index (Phi) is 8.06. The van der Waals surface area contributed by atoms with Crippen LogP contribution in [0, 0.1) is 0 Å². The monoisotopic (exact) mass is 516 g/mol. The molecule has 0 saturated carbocycles. The predicted molar refractivity (Wildman–Crippen MR) is 148 cm³/mol. The third-order valence-electron chi connectivity index (χ3n) is 6.69. The second-order valence-electron chi connectivity index (χ2n) is 9.16. The molecule has 9 heteroatoms. The number of ether oxygens (including phenoxy) is 3. The second kappa shape index (κ2) is 12.0. The summed E-state index contributed by atoms with van der Waals surface area (Å²) >= 11 is 0. The molecule has 2 saturated heterocycles. The molecule has 2 aliphatic rings. The molecule has 38 heavy (non-hydrogen) atoms. The molecule has 0 bridgehead atoms. The van der Waals surface area contributed by atoms with Crippen LogP contribution < -0.4 is 20.4 Å². The number of rotatable bonds is 6. The van der Waals surface area contributed by atoms with Crippen molar-refractivity contribution in [2.75, 3.05) is 80.1 Å². The van der Waals surface area contributed by atoms with E-state index in [2.05, 4.69) is 38.6 Å². The maximum Gasteiger partial charge on any atom is 0.337 e. The summed E-state index contributed by atoms with van der Waals surface area (Å²) in [6.07, 6.45) is 0. The van der Waals surface area contributed by atoms with Gasteiger partial charge in [-0.3, -0.25) is 0 Å². The van der Waals surface area contributed by atoms with E-state index in [-0.39, 0.29) is 6.03 Å². The van der Waals surface area contributed by atoms with Crippen LogP contribution >= 0.6 is 0 Å². The molecule has 0 spiro atoms. The highest BCUT2D eigenvalue weighted by Crippen LogP contribution is 2.32. The molecule has 198 valence electrons. The number of nitrogens with one attached hydrogen (secondary N) is 2. The maximum atomic E-state index is 12.5. The van der Waals surface area contributed by atoms with Gasteiger partial charge in [-0.1, -0.05) is 12.1 Å². The van der Waals surface area contributed by atoms with Crippen LogP contribution in [0.25, 0.3) is 11.1 Å². The smallest absolute Gasteiger partial charge is 0.337 e. The average molecular weight is 517 g/mol. The number of carbonyl (C=O) groups excluding carboxylic acids is 2. The molecular formula is C29H32N4O5. The Bertz CT molecular complexity index is 1210. The van der Waals surface area contributed by atoms with Crippen LogP contribution in [0.1, 0.15) is 10.4 Å². The summed E-state index contributed by atoms with van der Waals surface area (Å²) in [5, 5.41) is 5.63. The van der Waals surface area contributed by atoms with Crippen molar-refractivity contribution < 1.29 is 23.8 Å². The van der Waals surface area contributed by atoms with Crippen molar-refractivity contribution in [3.05, 3.63) is 72.3 Å². The summed E-state index contributed by atoms with van der Waals surface area (Å²) in [5.74, 6) is -0.423.